The van der Waals surface area contributed by atoms with E-state index in [-0.39, 0.29) is 5.03 Å². The third-order valence-corrected chi connectivity index (χ3v) is 6.35. The third kappa shape index (κ3) is 3.23. The van der Waals surface area contributed by atoms with Crippen molar-refractivity contribution in [2.45, 2.75) is 14.8 Å². The molecule has 1 aliphatic heterocycles. The first kappa shape index (κ1) is 16.3. The zero-order valence-electron chi connectivity index (χ0n) is 11.3. The van der Waals surface area contributed by atoms with Crippen molar-refractivity contribution >= 4 is 52.1 Å². The van der Waals surface area contributed by atoms with Gasteiger partial charge in [-0.25, -0.2) is 16.8 Å². The van der Waals surface area contributed by atoms with Gasteiger partial charge >= 0.3 is 0 Å². The Hall–Kier alpha value is -1.54. The topological polar surface area (TPSA) is 84.1 Å². The van der Waals surface area contributed by atoms with E-state index in [9.17, 15) is 16.8 Å². The molecule has 3 aromatic rings. The van der Waals surface area contributed by atoms with Gasteiger partial charge in [-0.2, -0.15) is 0 Å². The van der Waals surface area contributed by atoms with E-state index in [1.807, 2.05) is 0 Å². The zero-order chi connectivity index (χ0) is 16.8. The van der Waals surface area contributed by atoms with Gasteiger partial charge in [0.25, 0.3) is 9.05 Å². The Labute approximate surface area is 142 Å². The maximum absolute atomic E-state index is 11.0. The summed E-state index contributed by atoms with van der Waals surface area (Å²) in [5.41, 5.74) is 0.689. The molecular formula is C14H9Cl2NO4S2. The van der Waals surface area contributed by atoms with E-state index in [1.54, 1.807) is 42.5 Å². The summed E-state index contributed by atoms with van der Waals surface area (Å²) in [6.07, 6.45) is 0. The van der Waals surface area contributed by atoms with Gasteiger partial charge in [-0.15, -0.1) is 0 Å². The number of aromatic nitrogens is 1. The van der Waals surface area contributed by atoms with Crippen molar-refractivity contribution in [2.24, 2.45) is 0 Å². The van der Waals surface area contributed by atoms with Crippen LogP contribution in [0, 0.1) is 0 Å². The second kappa shape index (κ2) is 5.52. The molecule has 0 unspecified atom stereocenters. The fourth-order valence-corrected chi connectivity index (χ4v) is 4.29. The quantitative estimate of drug-likeness (QED) is 0.398. The summed E-state index contributed by atoms with van der Waals surface area (Å²) in [6.45, 7) is 0. The number of rotatable bonds is 1. The lowest BCUT2D eigenvalue weighted by atomic mass is 10.2. The van der Waals surface area contributed by atoms with Gasteiger partial charge in [-0.1, -0.05) is 23.7 Å². The van der Waals surface area contributed by atoms with Gasteiger partial charge in [0.2, 0.25) is 9.84 Å². The van der Waals surface area contributed by atoms with E-state index in [4.69, 9.17) is 22.3 Å². The molecule has 0 spiro atoms. The van der Waals surface area contributed by atoms with Gasteiger partial charge in [0, 0.05) is 26.6 Å². The molecule has 5 nitrogen and oxygen atoms in total. The van der Waals surface area contributed by atoms with Crippen LogP contribution in [0.1, 0.15) is 0 Å². The predicted octanol–water partition coefficient (Wildman–Crippen LogP) is 3.58. The molecule has 0 aliphatic carbocycles. The fraction of sp³-hybridized carbons (Fsp3) is 0. The number of H-pyrrole nitrogens is 1. The van der Waals surface area contributed by atoms with Crippen molar-refractivity contribution in [1.29, 1.82) is 0 Å². The lowest BCUT2D eigenvalue weighted by Crippen LogP contribution is -1.88. The largest absolute Gasteiger partial charge is 0.345 e. The van der Waals surface area contributed by atoms with E-state index in [1.165, 1.54) is 6.07 Å². The summed E-state index contributed by atoms with van der Waals surface area (Å²) < 4.78 is 43.4. The van der Waals surface area contributed by atoms with Gasteiger partial charge in [0.1, 0.15) is 5.03 Å². The Morgan fingerprint density at radius 2 is 1.57 bits per heavy atom. The summed E-state index contributed by atoms with van der Waals surface area (Å²) in [7, 11) is -1.40. The number of aromatic amines is 1. The van der Waals surface area contributed by atoms with Crippen LogP contribution in [0.15, 0.2) is 63.3 Å². The van der Waals surface area contributed by atoms with Crippen LogP contribution in [0.3, 0.4) is 0 Å². The number of benzene rings is 2. The first-order valence-corrected chi connectivity index (χ1v) is 10.4. The van der Waals surface area contributed by atoms with Crippen molar-refractivity contribution in [3.05, 3.63) is 53.6 Å². The van der Waals surface area contributed by atoms with Crippen LogP contribution in [-0.4, -0.2) is 21.8 Å². The molecule has 0 atom stereocenters. The average molecular weight is 390 g/mol. The summed E-state index contributed by atoms with van der Waals surface area (Å²) in [5, 5.41) is 1.25. The Bertz CT molecular complexity index is 1090. The smallest absolute Gasteiger partial charge is 0.276 e. The number of hydrogen-bond donors (Lipinski definition) is 1. The molecule has 0 bridgehead atoms. The van der Waals surface area contributed by atoms with Crippen molar-refractivity contribution in [1.82, 2.24) is 4.98 Å². The molecule has 9 heteroatoms. The Balaban J connectivity index is 0.000000149. The summed E-state index contributed by atoms with van der Waals surface area (Å²) in [5.74, 6) is 0. The predicted molar refractivity (Wildman–Crippen MR) is 88.2 cm³/mol. The molecule has 0 amide bonds. The third-order valence-electron chi connectivity index (χ3n) is 3.21. The number of halogens is 2. The highest BCUT2D eigenvalue weighted by Gasteiger charge is 2.37. The van der Waals surface area contributed by atoms with Crippen LogP contribution in [0.4, 0.5) is 0 Å². The monoisotopic (exact) mass is 389 g/mol. The zero-order valence-corrected chi connectivity index (χ0v) is 14.5. The molecule has 23 heavy (non-hydrogen) atoms. The lowest BCUT2D eigenvalue weighted by Gasteiger charge is -1.88. The maximum atomic E-state index is 11.0. The van der Waals surface area contributed by atoms with E-state index >= 15 is 0 Å². The first-order chi connectivity index (χ1) is 10.7. The van der Waals surface area contributed by atoms with Gasteiger partial charge in [0.15, 0.2) is 0 Å². The van der Waals surface area contributed by atoms with Crippen molar-refractivity contribution in [3.63, 3.8) is 0 Å². The van der Waals surface area contributed by atoms with Gasteiger partial charge < -0.3 is 4.98 Å². The average Bonchev–Trinajstić information content (AvgIpc) is 2.84. The minimum Gasteiger partial charge on any atom is -0.345 e. The Morgan fingerprint density at radius 1 is 0.957 bits per heavy atom. The van der Waals surface area contributed by atoms with Gasteiger partial charge in [-0.3, -0.25) is 0 Å². The van der Waals surface area contributed by atoms with Crippen LogP contribution in [0.2, 0.25) is 5.02 Å². The molecule has 1 N–H and O–H groups in total. The van der Waals surface area contributed by atoms with Crippen LogP contribution in [-0.2, 0) is 18.9 Å². The van der Waals surface area contributed by atoms with Crippen LogP contribution in [0.25, 0.3) is 10.9 Å². The maximum Gasteiger partial charge on any atom is 0.276 e. The fourth-order valence-electron chi connectivity index (χ4n) is 2.06. The molecule has 2 aromatic carbocycles. The molecular weight excluding hydrogens is 381 g/mol. The minimum absolute atomic E-state index is 0.0172. The van der Waals surface area contributed by atoms with Crippen molar-refractivity contribution in [2.75, 3.05) is 0 Å². The van der Waals surface area contributed by atoms with Gasteiger partial charge in [-0.05, 0) is 36.4 Å². The highest BCUT2D eigenvalue weighted by atomic mass is 35.7. The van der Waals surface area contributed by atoms with Crippen LogP contribution < -0.4 is 0 Å². The summed E-state index contributed by atoms with van der Waals surface area (Å²) in [4.78, 5) is 3.67. The Kier molecular flexibility index (Phi) is 3.92. The highest BCUT2D eigenvalue weighted by molar-refractivity contribution is 8.13. The number of fused-ring (bicyclic) bond motifs is 2. The standard InChI is InChI=1S/C8H5Cl2NO2S.C6H4O2S/c9-6-1-2-7-5(3-6)4-8(11-7)14(10,12)13;7-9(8)5-3-1-2-4-6(5)9/h1-4,11H;1-4H. The Morgan fingerprint density at radius 3 is 2.09 bits per heavy atom. The van der Waals surface area contributed by atoms with Gasteiger partial charge in [0.05, 0.1) is 9.79 Å². The van der Waals surface area contributed by atoms with E-state index in [0.717, 1.165) is 5.39 Å². The van der Waals surface area contributed by atoms with Crippen molar-refractivity contribution < 1.29 is 16.8 Å². The molecule has 120 valence electrons. The van der Waals surface area contributed by atoms with E-state index in [0.29, 0.717) is 20.3 Å². The normalized spacial score (nSPS) is 14.7. The van der Waals surface area contributed by atoms with Crippen LogP contribution in [0.5, 0.6) is 0 Å². The summed E-state index contributed by atoms with van der Waals surface area (Å²) in [6, 6.07) is 13.2. The number of sulfone groups is 1. The van der Waals surface area contributed by atoms with Crippen molar-refractivity contribution in [3.8, 4) is 0 Å². The second-order valence-electron chi connectivity index (χ2n) is 4.75. The second-order valence-corrected chi connectivity index (χ2v) is 9.61. The SMILES string of the molecule is O=S(=O)(Cl)c1cc2cc(Cl)ccc2[nH]1.O=S1(=O)c2ccccc21. The van der Waals surface area contributed by atoms with Crippen LogP contribution >= 0.6 is 22.3 Å². The molecule has 2 heterocycles. The molecule has 4 rings (SSSR count). The molecule has 1 aliphatic rings. The van der Waals surface area contributed by atoms with E-state index < -0.39 is 18.9 Å². The minimum atomic E-state index is -3.70. The molecule has 0 fully saturated rings. The van der Waals surface area contributed by atoms with E-state index in [2.05, 4.69) is 4.98 Å². The number of nitrogens with one attached hydrogen (secondary N) is 1. The summed E-state index contributed by atoms with van der Waals surface area (Å²) >= 11 is 5.75. The first-order valence-electron chi connectivity index (χ1n) is 6.27. The molecule has 0 saturated heterocycles. The number of hydrogen-bond acceptors (Lipinski definition) is 4. The molecule has 0 radical (unpaired) electrons. The lowest BCUT2D eigenvalue weighted by molar-refractivity contribution is 0.606. The highest BCUT2D eigenvalue weighted by Crippen LogP contribution is 2.38. The molecule has 0 saturated carbocycles. The molecule has 1 aromatic heterocycles.